The van der Waals surface area contributed by atoms with Gasteiger partial charge < -0.3 is 20.9 Å². The number of nitrogens with one attached hydrogen (secondary N) is 2. The lowest BCUT2D eigenvalue weighted by Gasteiger charge is -2.23. The third kappa shape index (κ3) is 4.11. The van der Waals surface area contributed by atoms with Gasteiger partial charge in [0.25, 0.3) is 5.91 Å². The fraction of sp³-hybridized carbons (Fsp3) is 0.583. The van der Waals surface area contributed by atoms with Crippen LogP contribution in [0.1, 0.15) is 31.3 Å². The second kappa shape index (κ2) is 6.30. The predicted octanol–water partition coefficient (Wildman–Crippen LogP) is 1.06. The Hall–Kier alpha value is -1.49. The normalized spacial score (nSPS) is 12.7. The number of amides is 1. The van der Waals surface area contributed by atoms with Crippen LogP contribution in [0.3, 0.4) is 0 Å². The van der Waals surface area contributed by atoms with Crippen molar-refractivity contribution in [3.63, 3.8) is 0 Å². The number of nitrogens with zero attached hydrogens (tertiary/aromatic N) is 1. The third-order valence-corrected chi connectivity index (χ3v) is 2.75. The number of carbonyl (C=O) groups is 1. The summed E-state index contributed by atoms with van der Waals surface area (Å²) in [6, 6.07) is 1.76. The molecule has 0 fully saturated rings. The SMILES string of the molecule is CCN(CC)CC(C)NC(=O)c1cc(N)c[nH]1. The van der Waals surface area contributed by atoms with Crippen molar-refractivity contribution >= 4 is 11.6 Å². The second-order valence-electron chi connectivity index (χ2n) is 4.21. The molecule has 0 saturated carbocycles. The molecule has 1 aromatic heterocycles. The third-order valence-electron chi connectivity index (χ3n) is 2.75. The van der Waals surface area contributed by atoms with Crippen LogP contribution in [-0.4, -0.2) is 41.5 Å². The van der Waals surface area contributed by atoms with Crippen LogP contribution in [0.5, 0.6) is 0 Å². The zero-order valence-corrected chi connectivity index (χ0v) is 10.8. The van der Waals surface area contributed by atoms with Crippen molar-refractivity contribution in [2.24, 2.45) is 0 Å². The van der Waals surface area contributed by atoms with E-state index in [1.807, 2.05) is 6.92 Å². The zero-order chi connectivity index (χ0) is 12.8. The number of H-pyrrole nitrogens is 1. The lowest BCUT2D eigenvalue weighted by atomic mass is 10.2. The van der Waals surface area contributed by atoms with Gasteiger partial charge in [0.1, 0.15) is 5.69 Å². The fourth-order valence-corrected chi connectivity index (χ4v) is 1.76. The molecule has 1 atom stereocenters. The summed E-state index contributed by atoms with van der Waals surface area (Å²) in [7, 11) is 0. The van der Waals surface area contributed by atoms with Crippen LogP contribution < -0.4 is 11.1 Å². The van der Waals surface area contributed by atoms with Gasteiger partial charge in [-0.2, -0.15) is 0 Å². The van der Waals surface area contributed by atoms with Crippen molar-refractivity contribution in [3.05, 3.63) is 18.0 Å². The monoisotopic (exact) mass is 238 g/mol. The Kier molecular flexibility index (Phi) is 5.03. The first-order chi connectivity index (χ1) is 8.06. The van der Waals surface area contributed by atoms with Crippen molar-refractivity contribution in [2.75, 3.05) is 25.4 Å². The summed E-state index contributed by atoms with van der Waals surface area (Å²) in [6.45, 7) is 9.07. The number of aromatic amines is 1. The summed E-state index contributed by atoms with van der Waals surface area (Å²) < 4.78 is 0. The number of carbonyl (C=O) groups excluding carboxylic acids is 1. The van der Waals surface area contributed by atoms with E-state index >= 15 is 0 Å². The van der Waals surface area contributed by atoms with Gasteiger partial charge in [-0.3, -0.25) is 4.79 Å². The van der Waals surface area contributed by atoms with Gasteiger partial charge in [0, 0.05) is 24.5 Å². The predicted molar refractivity (Wildman–Crippen MR) is 69.9 cm³/mol. The van der Waals surface area contributed by atoms with Crippen LogP contribution in [-0.2, 0) is 0 Å². The van der Waals surface area contributed by atoms with E-state index in [2.05, 4.69) is 29.0 Å². The minimum absolute atomic E-state index is 0.110. The molecule has 17 heavy (non-hydrogen) atoms. The van der Waals surface area contributed by atoms with Crippen LogP contribution >= 0.6 is 0 Å². The van der Waals surface area contributed by atoms with Gasteiger partial charge in [0.15, 0.2) is 0 Å². The minimum Gasteiger partial charge on any atom is -0.397 e. The Morgan fingerprint density at radius 1 is 1.53 bits per heavy atom. The van der Waals surface area contributed by atoms with E-state index in [0.717, 1.165) is 19.6 Å². The topological polar surface area (TPSA) is 74.2 Å². The standard InChI is InChI=1S/C12H22N4O/c1-4-16(5-2)8-9(3)15-12(17)11-6-10(13)7-14-11/h6-7,9,14H,4-5,8,13H2,1-3H3,(H,15,17). The highest BCUT2D eigenvalue weighted by atomic mass is 16.1. The first-order valence-electron chi connectivity index (χ1n) is 6.03. The summed E-state index contributed by atoms with van der Waals surface area (Å²) in [5, 5.41) is 2.94. The van der Waals surface area contributed by atoms with Crippen LogP contribution in [0.25, 0.3) is 0 Å². The smallest absolute Gasteiger partial charge is 0.268 e. The van der Waals surface area contributed by atoms with E-state index in [9.17, 15) is 4.79 Å². The highest BCUT2D eigenvalue weighted by Crippen LogP contribution is 2.04. The Balaban J connectivity index is 2.45. The molecule has 1 aromatic rings. The van der Waals surface area contributed by atoms with E-state index < -0.39 is 0 Å². The highest BCUT2D eigenvalue weighted by molar-refractivity contribution is 5.93. The van der Waals surface area contributed by atoms with Crippen molar-refractivity contribution < 1.29 is 4.79 Å². The van der Waals surface area contributed by atoms with Crippen molar-refractivity contribution in [2.45, 2.75) is 26.8 Å². The van der Waals surface area contributed by atoms with Gasteiger partial charge in [-0.15, -0.1) is 0 Å². The van der Waals surface area contributed by atoms with Crippen molar-refractivity contribution in [3.8, 4) is 0 Å². The number of rotatable bonds is 6. The number of aromatic nitrogens is 1. The highest BCUT2D eigenvalue weighted by Gasteiger charge is 2.12. The van der Waals surface area contributed by atoms with Gasteiger partial charge in [0.05, 0.1) is 0 Å². The molecule has 0 radical (unpaired) electrons. The van der Waals surface area contributed by atoms with E-state index in [-0.39, 0.29) is 11.9 Å². The molecule has 1 amide bonds. The molecule has 0 saturated heterocycles. The number of nitrogens with two attached hydrogens (primary N) is 1. The van der Waals surface area contributed by atoms with Gasteiger partial charge in [-0.25, -0.2) is 0 Å². The summed E-state index contributed by atoms with van der Waals surface area (Å²) in [4.78, 5) is 16.9. The number of hydrogen-bond acceptors (Lipinski definition) is 3. The van der Waals surface area contributed by atoms with Crippen LogP contribution in [0.2, 0.25) is 0 Å². The summed E-state index contributed by atoms with van der Waals surface area (Å²) >= 11 is 0. The molecule has 1 unspecified atom stereocenters. The molecule has 4 N–H and O–H groups in total. The van der Waals surface area contributed by atoms with Crippen LogP contribution in [0.4, 0.5) is 5.69 Å². The molecule has 0 aliphatic heterocycles. The molecule has 0 aromatic carbocycles. The Morgan fingerprint density at radius 2 is 2.18 bits per heavy atom. The van der Waals surface area contributed by atoms with Crippen LogP contribution in [0.15, 0.2) is 12.3 Å². The maximum Gasteiger partial charge on any atom is 0.268 e. The number of hydrogen-bond donors (Lipinski definition) is 3. The molecule has 0 bridgehead atoms. The Bertz CT molecular complexity index is 357. The quantitative estimate of drug-likeness (QED) is 0.693. The van der Waals surface area contributed by atoms with Gasteiger partial charge in [-0.05, 0) is 26.1 Å². The van der Waals surface area contributed by atoms with Gasteiger partial charge >= 0.3 is 0 Å². The summed E-state index contributed by atoms with van der Waals surface area (Å²) in [5.74, 6) is -0.110. The summed E-state index contributed by atoms with van der Waals surface area (Å²) in [6.07, 6.45) is 1.62. The van der Waals surface area contributed by atoms with E-state index in [1.165, 1.54) is 0 Å². The Morgan fingerprint density at radius 3 is 2.65 bits per heavy atom. The zero-order valence-electron chi connectivity index (χ0n) is 10.8. The number of anilines is 1. The Labute approximate surface area is 102 Å². The molecule has 96 valence electrons. The largest absolute Gasteiger partial charge is 0.397 e. The molecule has 5 nitrogen and oxygen atoms in total. The molecule has 0 aliphatic rings. The first-order valence-corrected chi connectivity index (χ1v) is 6.03. The van der Waals surface area contributed by atoms with E-state index in [0.29, 0.717) is 11.4 Å². The minimum atomic E-state index is -0.110. The lowest BCUT2D eigenvalue weighted by Crippen LogP contribution is -2.42. The molecule has 1 heterocycles. The van der Waals surface area contributed by atoms with E-state index in [4.69, 9.17) is 5.73 Å². The summed E-state index contributed by atoms with van der Waals surface area (Å²) in [5.41, 5.74) is 6.64. The van der Waals surface area contributed by atoms with E-state index in [1.54, 1.807) is 12.3 Å². The van der Waals surface area contributed by atoms with Gasteiger partial charge in [-0.1, -0.05) is 13.8 Å². The van der Waals surface area contributed by atoms with Gasteiger partial charge in [0.2, 0.25) is 0 Å². The fourth-order valence-electron chi connectivity index (χ4n) is 1.76. The molecule has 0 aliphatic carbocycles. The average Bonchev–Trinajstić information content (AvgIpc) is 2.72. The number of likely N-dealkylation sites (N-methyl/N-ethyl adjacent to an activating group) is 1. The molecule has 1 rings (SSSR count). The maximum absolute atomic E-state index is 11.8. The maximum atomic E-state index is 11.8. The molecule has 5 heteroatoms. The second-order valence-corrected chi connectivity index (χ2v) is 4.21. The molecular formula is C12H22N4O. The number of nitrogen functional groups attached to an aromatic ring is 1. The van der Waals surface area contributed by atoms with Crippen molar-refractivity contribution in [1.82, 2.24) is 15.2 Å². The van der Waals surface area contributed by atoms with Crippen LogP contribution in [0, 0.1) is 0 Å². The first kappa shape index (κ1) is 13.6. The lowest BCUT2D eigenvalue weighted by molar-refractivity contribution is 0.0926. The molecular weight excluding hydrogens is 216 g/mol. The average molecular weight is 238 g/mol. The van der Waals surface area contributed by atoms with Crippen molar-refractivity contribution in [1.29, 1.82) is 0 Å². The molecule has 0 spiro atoms.